The zero-order valence-electron chi connectivity index (χ0n) is 25.5. The highest BCUT2D eigenvalue weighted by atomic mass is 14.9. The number of hydrogen-bond acceptors (Lipinski definition) is 5. The lowest BCUT2D eigenvalue weighted by Crippen LogP contribution is -1.91. The van der Waals surface area contributed by atoms with E-state index in [1.165, 1.54) is 0 Å². The van der Waals surface area contributed by atoms with Crippen LogP contribution in [0.1, 0.15) is 11.4 Å². The fourth-order valence-corrected chi connectivity index (χ4v) is 5.89. The second-order valence-electron chi connectivity index (χ2n) is 11.1. The molecule has 6 nitrogen and oxygen atoms in total. The Morgan fingerprint density at radius 1 is 0.417 bits per heavy atom. The highest BCUT2D eigenvalue weighted by Crippen LogP contribution is 2.38. The van der Waals surface area contributed by atoms with E-state index in [1.807, 2.05) is 72.8 Å². The minimum absolute atomic E-state index is 0.358. The molecule has 0 unspecified atom stereocenters. The Morgan fingerprint density at radius 2 is 0.771 bits per heavy atom. The first-order chi connectivity index (χ1) is 23.6. The second kappa shape index (κ2) is 13.0. The van der Waals surface area contributed by atoms with E-state index in [-0.39, 0.29) is 0 Å². The van der Waals surface area contributed by atoms with Crippen LogP contribution in [0.2, 0.25) is 0 Å². The highest BCUT2D eigenvalue weighted by molar-refractivity contribution is 5.86. The Kier molecular flexibility index (Phi) is 8.01. The number of pyridine rings is 3. The van der Waals surface area contributed by atoms with Crippen molar-refractivity contribution in [2.24, 2.45) is 0 Å². The molecule has 3 heterocycles. The minimum atomic E-state index is 0.358. The molecule has 0 bridgehead atoms. The van der Waals surface area contributed by atoms with Crippen LogP contribution in [0.5, 0.6) is 0 Å². The Balaban J connectivity index is 1.41. The van der Waals surface area contributed by atoms with Gasteiger partial charge in [0.25, 0.3) is 5.82 Å². The predicted octanol–water partition coefficient (Wildman–Crippen LogP) is 10.2. The van der Waals surface area contributed by atoms with E-state index in [0.29, 0.717) is 17.2 Å². The van der Waals surface area contributed by atoms with Crippen LogP contribution in [0.4, 0.5) is 5.82 Å². The molecule has 0 radical (unpaired) electrons. The van der Waals surface area contributed by atoms with Crippen molar-refractivity contribution in [3.8, 4) is 78.9 Å². The molecule has 0 saturated carbocycles. The smallest absolute Gasteiger partial charge is 0.277 e. The fraction of sp³-hybridized carbons (Fsp3) is 0. The van der Waals surface area contributed by atoms with Crippen LogP contribution < -0.4 is 0 Å². The maximum absolute atomic E-state index is 9.71. The summed E-state index contributed by atoms with van der Waals surface area (Å²) in [6.07, 6.45) is 4.89. The number of benzene rings is 4. The molecule has 0 spiro atoms. The molecule has 6 heteroatoms. The first-order valence-electron chi connectivity index (χ1n) is 15.2. The first-order valence-corrected chi connectivity index (χ1v) is 15.2. The van der Waals surface area contributed by atoms with Gasteiger partial charge in [-0.15, -0.1) is 4.98 Å². The summed E-state index contributed by atoms with van der Waals surface area (Å²) in [5.74, 6) is 0.358. The lowest BCUT2D eigenvalue weighted by Gasteiger charge is -2.14. The lowest BCUT2D eigenvalue weighted by atomic mass is 9.90. The summed E-state index contributed by atoms with van der Waals surface area (Å²) in [6, 6.07) is 46.6. The van der Waals surface area contributed by atoms with Gasteiger partial charge in [0.1, 0.15) is 29.7 Å². The van der Waals surface area contributed by atoms with Gasteiger partial charge in [-0.25, -0.2) is 9.97 Å². The van der Waals surface area contributed by atoms with Gasteiger partial charge < -0.3 is 4.85 Å². The number of nitriles is 2. The van der Waals surface area contributed by atoms with Crippen molar-refractivity contribution in [2.45, 2.75) is 0 Å². The zero-order valence-corrected chi connectivity index (χ0v) is 25.5. The van der Waals surface area contributed by atoms with Crippen molar-refractivity contribution >= 4 is 5.82 Å². The predicted molar refractivity (Wildman–Crippen MR) is 188 cm³/mol. The quantitative estimate of drug-likeness (QED) is 0.174. The van der Waals surface area contributed by atoms with Crippen molar-refractivity contribution in [1.29, 1.82) is 10.5 Å². The summed E-state index contributed by atoms with van der Waals surface area (Å²) in [6.45, 7) is 7.63. The van der Waals surface area contributed by atoms with Gasteiger partial charge in [-0.1, -0.05) is 67.2 Å². The molecule has 0 aliphatic carbocycles. The van der Waals surface area contributed by atoms with Crippen LogP contribution in [0.15, 0.2) is 146 Å². The summed E-state index contributed by atoms with van der Waals surface area (Å²) in [5, 5.41) is 19.4. The fourth-order valence-electron chi connectivity index (χ4n) is 5.89. The van der Waals surface area contributed by atoms with Crippen molar-refractivity contribution in [1.82, 2.24) is 15.0 Å². The Hall–Kier alpha value is -7.20. The maximum atomic E-state index is 9.71. The standard InChI is InChI=1S/C42H24N6/c1-45-42-39(16-7-19-48-42)33-13-4-10-30(22-33)36-24-34(28-8-2-11-31(20-28)37-14-5-17-46-40(37)26-43)23-35(25-36)29-9-3-12-32(21-29)38-15-6-18-47-41(38)27-44/h2-25H. The molecule has 0 fully saturated rings. The molecule has 0 aliphatic rings. The topological polar surface area (TPSA) is 90.6 Å². The summed E-state index contributed by atoms with van der Waals surface area (Å²) < 4.78 is 0. The van der Waals surface area contributed by atoms with E-state index in [2.05, 4.69) is 86.5 Å². The summed E-state index contributed by atoms with van der Waals surface area (Å²) in [5.41, 5.74) is 11.7. The zero-order chi connectivity index (χ0) is 32.9. The van der Waals surface area contributed by atoms with Gasteiger partial charge in [-0.3, -0.25) is 0 Å². The Bertz CT molecular complexity index is 2170. The molecule has 0 atom stereocenters. The highest BCUT2D eigenvalue weighted by Gasteiger charge is 2.14. The number of nitrogens with zero attached hydrogens (tertiary/aromatic N) is 6. The van der Waals surface area contributed by atoms with Crippen molar-refractivity contribution < 1.29 is 0 Å². The third kappa shape index (κ3) is 5.80. The first kappa shape index (κ1) is 29.5. The molecule has 3 aromatic heterocycles. The molecule has 48 heavy (non-hydrogen) atoms. The summed E-state index contributed by atoms with van der Waals surface area (Å²) in [4.78, 5) is 16.4. The molecule has 0 saturated heterocycles. The van der Waals surface area contributed by atoms with Crippen LogP contribution in [0, 0.1) is 29.2 Å². The molecular formula is C42H24N6. The van der Waals surface area contributed by atoms with E-state index < -0.39 is 0 Å². The molecule has 7 rings (SSSR count). The molecule has 0 aliphatic heterocycles. The van der Waals surface area contributed by atoms with Gasteiger partial charge in [0.05, 0.1) is 0 Å². The van der Waals surface area contributed by atoms with Gasteiger partial charge in [0.2, 0.25) is 0 Å². The summed E-state index contributed by atoms with van der Waals surface area (Å²) >= 11 is 0. The van der Waals surface area contributed by atoms with Crippen LogP contribution >= 0.6 is 0 Å². The average Bonchev–Trinajstić information content (AvgIpc) is 3.17. The molecule has 7 aromatic rings. The monoisotopic (exact) mass is 612 g/mol. The van der Waals surface area contributed by atoms with Gasteiger partial charge in [-0.2, -0.15) is 10.5 Å². The van der Waals surface area contributed by atoms with Crippen molar-refractivity contribution in [3.05, 3.63) is 169 Å². The van der Waals surface area contributed by atoms with Crippen LogP contribution in [0.25, 0.3) is 71.6 Å². The minimum Gasteiger partial charge on any atom is -0.360 e. The average molecular weight is 613 g/mol. The third-order valence-corrected chi connectivity index (χ3v) is 8.17. The molecule has 0 amide bonds. The molecular weight excluding hydrogens is 589 g/mol. The van der Waals surface area contributed by atoms with E-state index >= 15 is 0 Å². The molecule has 4 aromatic carbocycles. The Morgan fingerprint density at radius 3 is 1.19 bits per heavy atom. The van der Waals surface area contributed by atoms with Crippen molar-refractivity contribution in [3.63, 3.8) is 0 Å². The van der Waals surface area contributed by atoms with E-state index in [9.17, 15) is 10.5 Å². The van der Waals surface area contributed by atoms with E-state index in [0.717, 1.165) is 66.8 Å². The Labute approximate surface area is 278 Å². The maximum Gasteiger partial charge on any atom is 0.277 e. The van der Waals surface area contributed by atoms with Gasteiger partial charge in [0, 0.05) is 29.1 Å². The van der Waals surface area contributed by atoms with Crippen molar-refractivity contribution in [2.75, 3.05) is 0 Å². The SMILES string of the molecule is [C-]#[N+]c1ncccc1-c1cccc(-c2cc(-c3cccc(-c4cccnc4C#N)c3)cc(-c3cccc(-c4cccnc4C#N)c3)c2)c1. The van der Waals surface area contributed by atoms with Gasteiger partial charge in [-0.05, 0) is 117 Å². The normalized spacial score (nSPS) is 10.4. The third-order valence-electron chi connectivity index (χ3n) is 8.17. The number of hydrogen-bond donors (Lipinski definition) is 0. The number of rotatable bonds is 6. The number of aromatic nitrogens is 3. The van der Waals surface area contributed by atoms with E-state index in [4.69, 9.17) is 6.57 Å². The van der Waals surface area contributed by atoms with Gasteiger partial charge >= 0.3 is 0 Å². The van der Waals surface area contributed by atoms with Crippen LogP contribution in [-0.4, -0.2) is 15.0 Å². The second-order valence-corrected chi connectivity index (χ2v) is 11.1. The lowest BCUT2D eigenvalue weighted by molar-refractivity contribution is 1.26. The van der Waals surface area contributed by atoms with Crippen LogP contribution in [0.3, 0.4) is 0 Å². The largest absolute Gasteiger partial charge is 0.360 e. The van der Waals surface area contributed by atoms with E-state index in [1.54, 1.807) is 18.6 Å². The van der Waals surface area contributed by atoms with Gasteiger partial charge in [0.15, 0.2) is 0 Å². The molecule has 0 N–H and O–H groups in total. The summed E-state index contributed by atoms with van der Waals surface area (Å²) in [7, 11) is 0. The molecule has 222 valence electrons. The van der Waals surface area contributed by atoms with Crippen LogP contribution in [-0.2, 0) is 0 Å².